The van der Waals surface area contributed by atoms with Gasteiger partial charge in [-0.3, -0.25) is 19.7 Å². The van der Waals surface area contributed by atoms with Crippen LogP contribution in [0.3, 0.4) is 0 Å². The van der Waals surface area contributed by atoms with Crippen LogP contribution >= 0.6 is 0 Å². The average molecular weight is 369 g/mol. The highest BCUT2D eigenvalue weighted by Crippen LogP contribution is 2.24. The minimum absolute atomic E-state index is 0.0833. The molecule has 3 rings (SSSR count). The number of benzene rings is 2. The molecule has 2 aromatic rings. The third kappa shape index (κ3) is 3.59. The second-order valence-electron chi connectivity index (χ2n) is 6.17. The molecule has 8 nitrogen and oxygen atoms in total. The summed E-state index contributed by atoms with van der Waals surface area (Å²) in [5, 5.41) is 10.7. The first-order chi connectivity index (χ1) is 12.9. The Bertz CT molecular complexity index is 864. The number of hydrogen-bond acceptors (Lipinski definition) is 5. The molecule has 0 aromatic heterocycles. The molecule has 0 aliphatic carbocycles. The lowest BCUT2D eigenvalue weighted by Gasteiger charge is -2.39. The molecule has 2 aromatic carbocycles. The molecule has 0 bridgehead atoms. The van der Waals surface area contributed by atoms with E-state index in [9.17, 15) is 19.7 Å². The van der Waals surface area contributed by atoms with Crippen LogP contribution < -0.4 is 9.64 Å². The van der Waals surface area contributed by atoms with E-state index in [1.54, 1.807) is 43.2 Å². The van der Waals surface area contributed by atoms with E-state index in [1.807, 2.05) is 0 Å². The zero-order valence-corrected chi connectivity index (χ0v) is 15.0. The molecular formula is C19H19N3O5. The predicted octanol–water partition coefficient (Wildman–Crippen LogP) is 2.48. The van der Waals surface area contributed by atoms with Gasteiger partial charge in [0.05, 0.1) is 12.0 Å². The number of ether oxygens (including phenoxy) is 1. The molecular weight excluding hydrogens is 350 g/mol. The van der Waals surface area contributed by atoms with Crippen molar-refractivity contribution in [1.82, 2.24) is 4.90 Å². The van der Waals surface area contributed by atoms with Gasteiger partial charge in [0.25, 0.3) is 11.6 Å². The van der Waals surface area contributed by atoms with Crippen LogP contribution in [0.4, 0.5) is 11.4 Å². The minimum atomic E-state index is -0.636. The summed E-state index contributed by atoms with van der Waals surface area (Å²) in [7, 11) is 1.57. The van der Waals surface area contributed by atoms with Crippen molar-refractivity contribution in [3.8, 4) is 5.75 Å². The van der Waals surface area contributed by atoms with Crippen molar-refractivity contribution in [2.24, 2.45) is 0 Å². The van der Waals surface area contributed by atoms with Gasteiger partial charge in [0.15, 0.2) is 0 Å². The maximum Gasteiger partial charge on any atom is 0.269 e. The lowest BCUT2D eigenvalue weighted by atomic mass is 10.1. The number of non-ortho nitro benzene ring substituents is 1. The normalized spacial score (nSPS) is 17.0. The zero-order chi connectivity index (χ0) is 19.6. The molecule has 0 radical (unpaired) electrons. The average Bonchev–Trinajstić information content (AvgIpc) is 2.69. The van der Waals surface area contributed by atoms with E-state index in [0.29, 0.717) is 24.4 Å². The largest absolute Gasteiger partial charge is 0.497 e. The second kappa shape index (κ2) is 7.45. The zero-order valence-electron chi connectivity index (χ0n) is 15.0. The molecule has 1 heterocycles. The Labute approximate surface area is 156 Å². The molecule has 1 fully saturated rings. The number of nitrogens with zero attached hydrogens (tertiary/aromatic N) is 3. The minimum Gasteiger partial charge on any atom is -0.497 e. The van der Waals surface area contributed by atoms with Crippen molar-refractivity contribution in [2.45, 2.75) is 13.0 Å². The maximum atomic E-state index is 12.8. The van der Waals surface area contributed by atoms with Crippen LogP contribution in [0.15, 0.2) is 48.5 Å². The highest BCUT2D eigenvalue weighted by atomic mass is 16.6. The fourth-order valence-corrected chi connectivity index (χ4v) is 3.06. The monoisotopic (exact) mass is 369 g/mol. The second-order valence-corrected chi connectivity index (χ2v) is 6.17. The van der Waals surface area contributed by atoms with Gasteiger partial charge in [-0.05, 0) is 43.3 Å². The predicted molar refractivity (Wildman–Crippen MR) is 98.9 cm³/mol. The first-order valence-corrected chi connectivity index (χ1v) is 8.43. The van der Waals surface area contributed by atoms with Gasteiger partial charge in [-0.2, -0.15) is 0 Å². The number of nitro benzene ring substituents is 1. The number of carbonyl (C=O) groups is 2. The van der Waals surface area contributed by atoms with E-state index in [2.05, 4.69) is 0 Å². The number of amides is 2. The number of piperazine rings is 1. The highest BCUT2D eigenvalue weighted by Gasteiger charge is 2.35. The summed E-state index contributed by atoms with van der Waals surface area (Å²) < 4.78 is 5.13. The first kappa shape index (κ1) is 18.4. The van der Waals surface area contributed by atoms with Gasteiger partial charge < -0.3 is 14.5 Å². The lowest BCUT2D eigenvalue weighted by molar-refractivity contribution is -0.384. The van der Waals surface area contributed by atoms with Gasteiger partial charge in [0.2, 0.25) is 5.91 Å². The lowest BCUT2D eigenvalue weighted by Crippen LogP contribution is -2.57. The molecule has 2 amide bonds. The van der Waals surface area contributed by atoms with Crippen LogP contribution in [0, 0.1) is 10.1 Å². The summed E-state index contributed by atoms with van der Waals surface area (Å²) in [5.41, 5.74) is 0.980. The number of methoxy groups -OCH3 is 1. The van der Waals surface area contributed by atoms with Crippen molar-refractivity contribution in [3.05, 3.63) is 64.2 Å². The Hall–Kier alpha value is -3.42. The molecule has 0 N–H and O–H groups in total. The molecule has 140 valence electrons. The van der Waals surface area contributed by atoms with Gasteiger partial charge in [0, 0.05) is 36.5 Å². The number of anilines is 1. The standard InChI is InChI=1S/C19H19N3O5/c1-13-18(23)21(15-7-9-17(27-2)10-8-15)12-11-20(13)19(24)14-3-5-16(6-4-14)22(25)26/h3-10,13H,11-12H2,1-2H3/t13-/m0/s1. The SMILES string of the molecule is COc1ccc(N2CCN(C(=O)c3ccc([N+](=O)[O-])cc3)[C@@H](C)C2=O)cc1. The van der Waals surface area contributed by atoms with Crippen LogP contribution in [-0.2, 0) is 4.79 Å². The van der Waals surface area contributed by atoms with E-state index in [0.717, 1.165) is 5.69 Å². The first-order valence-electron chi connectivity index (χ1n) is 8.43. The van der Waals surface area contributed by atoms with Crippen molar-refractivity contribution in [2.75, 3.05) is 25.1 Å². The van der Waals surface area contributed by atoms with Gasteiger partial charge in [-0.1, -0.05) is 0 Å². The smallest absolute Gasteiger partial charge is 0.269 e. The van der Waals surface area contributed by atoms with E-state index in [1.165, 1.54) is 29.2 Å². The van der Waals surface area contributed by atoms with E-state index in [4.69, 9.17) is 4.74 Å². The van der Waals surface area contributed by atoms with Gasteiger partial charge >= 0.3 is 0 Å². The molecule has 1 aliphatic heterocycles. The Morgan fingerprint density at radius 3 is 2.30 bits per heavy atom. The van der Waals surface area contributed by atoms with Crippen molar-refractivity contribution >= 4 is 23.2 Å². The summed E-state index contributed by atoms with van der Waals surface area (Å²) in [6.45, 7) is 2.42. The van der Waals surface area contributed by atoms with Gasteiger partial charge in [0.1, 0.15) is 11.8 Å². The number of nitro groups is 1. The fraction of sp³-hybridized carbons (Fsp3) is 0.263. The number of rotatable bonds is 4. The quantitative estimate of drug-likeness (QED) is 0.610. The van der Waals surface area contributed by atoms with Crippen LogP contribution in [0.5, 0.6) is 5.75 Å². The molecule has 0 saturated carbocycles. The van der Waals surface area contributed by atoms with Gasteiger partial charge in [-0.25, -0.2) is 0 Å². The van der Waals surface area contributed by atoms with E-state index >= 15 is 0 Å². The molecule has 8 heteroatoms. The van der Waals surface area contributed by atoms with Crippen LogP contribution in [0.2, 0.25) is 0 Å². The Balaban J connectivity index is 1.75. The fourth-order valence-electron chi connectivity index (χ4n) is 3.06. The third-order valence-corrected chi connectivity index (χ3v) is 4.63. The Kier molecular flexibility index (Phi) is 5.07. The summed E-state index contributed by atoms with van der Waals surface area (Å²) in [4.78, 5) is 38.9. The molecule has 1 aliphatic rings. The van der Waals surface area contributed by atoms with Crippen LogP contribution in [0.1, 0.15) is 17.3 Å². The summed E-state index contributed by atoms with van der Waals surface area (Å²) in [5.74, 6) is 0.202. The highest BCUT2D eigenvalue weighted by molar-refractivity contribution is 6.03. The molecule has 1 atom stereocenters. The third-order valence-electron chi connectivity index (χ3n) is 4.63. The van der Waals surface area contributed by atoms with Crippen molar-refractivity contribution in [3.63, 3.8) is 0 Å². The summed E-state index contributed by atoms with van der Waals surface area (Å²) in [6.07, 6.45) is 0. The van der Waals surface area contributed by atoms with Gasteiger partial charge in [-0.15, -0.1) is 0 Å². The summed E-state index contributed by atoms with van der Waals surface area (Å²) >= 11 is 0. The summed E-state index contributed by atoms with van der Waals surface area (Å²) in [6, 6.07) is 11.9. The molecule has 0 spiro atoms. The topological polar surface area (TPSA) is 93.0 Å². The molecule has 0 unspecified atom stereocenters. The Morgan fingerprint density at radius 2 is 1.74 bits per heavy atom. The number of hydrogen-bond donors (Lipinski definition) is 0. The van der Waals surface area contributed by atoms with Crippen molar-refractivity contribution < 1.29 is 19.2 Å². The molecule has 1 saturated heterocycles. The maximum absolute atomic E-state index is 12.8. The van der Waals surface area contributed by atoms with E-state index in [-0.39, 0.29) is 17.5 Å². The van der Waals surface area contributed by atoms with Crippen LogP contribution in [0.25, 0.3) is 0 Å². The van der Waals surface area contributed by atoms with Crippen molar-refractivity contribution in [1.29, 1.82) is 0 Å². The Morgan fingerprint density at radius 1 is 1.11 bits per heavy atom. The van der Waals surface area contributed by atoms with E-state index < -0.39 is 11.0 Å². The number of carbonyl (C=O) groups excluding carboxylic acids is 2. The molecule has 27 heavy (non-hydrogen) atoms. The van der Waals surface area contributed by atoms with Crippen LogP contribution in [-0.4, -0.2) is 47.9 Å².